The second kappa shape index (κ2) is 6.39. The Bertz CT molecular complexity index is 339. The van der Waals surface area contributed by atoms with E-state index in [0.29, 0.717) is 5.57 Å². The average molecular weight is 192 g/mol. The number of hydrogen-bond donors (Lipinski definition) is 1. The van der Waals surface area contributed by atoms with E-state index < -0.39 is 6.56 Å². The SMILES string of the molecule is [2H]C([2H])(O)/C(C)=C/CCCc1ccccc1. The topological polar surface area (TPSA) is 20.2 Å². The van der Waals surface area contributed by atoms with Gasteiger partial charge in [0.15, 0.2) is 0 Å². The van der Waals surface area contributed by atoms with E-state index in [1.165, 1.54) is 5.56 Å². The molecule has 0 aromatic heterocycles. The monoisotopic (exact) mass is 192 g/mol. The van der Waals surface area contributed by atoms with Gasteiger partial charge in [-0.1, -0.05) is 42.0 Å². The van der Waals surface area contributed by atoms with E-state index >= 15 is 0 Å². The molecule has 0 aliphatic heterocycles. The molecule has 1 rings (SSSR count). The average Bonchev–Trinajstić information content (AvgIpc) is 2.24. The van der Waals surface area contributed by atoms with E-state index in [4.69, 9.17) is 7.85 Å². The lowest BCUT2D eigenvalue weighted by Crippen LogP contribution is -1.86. The zero-order chi connectivity index (χ0) is 12.0. The molecule has 0 saturated heterocycles. The predicted molar refractivity (Wildman–Crippen MR) is 60.2 cm³/mol. The van der Waals surface area contributed by atoms with Gasteiger partial charge in [0.2, 0.25) is 0 Å². The van der Waals surface area contributed by atoms with E-state index in [0.717, 1.165) is 19.3 Å². The molecule has 1 aromatic rings. The normalized spacial score (nSPS) is 14.9. The third-order valence-electron chi connectivity index (χ3n) is 2.14. The fourth-order valence-corrected chi connectivity index (χ4v) is 1.32. The van der Waals surface area contributed by atoms with Crippen molar-refractivity contribution in [3.8, 4) is 0 Å². The van der Waals surface area contributed by atoms with E-state index in [-0.39, 0.29) is 0 Å². The summed E-state index contributed by atoms with van der Waals surface area (Å²) in [6.45, 7) is -0.560. The van der Waals surface area contributed by atoms with Gasteiger partial charge in [0.1, 0.15) is 0 Å². The molecule has 1 aromatic carbocycles. The summed E-state index contributed by atoms with van der Waals surface area (Å²) in [6.07, 6.45) is 4.51. The van der Waals surface area contributed by atoms with Crippen LogP contribution in [-0.2, 0) is 6.42 Å². The van der Waals surface area contributed by atoms with Crippen molar-refractivity contribution >= 4 is 0 Å². The van der Waals surface area contributed by atoms with Crippen molar-refractivity contribution in [2.24, 2.45) is 0 Å². The Hall–Kier alpha value is -1.08. The summed E-state index contributed by atoms with van der Waals surface area (Å²) >= 11 is 0. The van der Waals surface area contributed by atoms with Crippen LogP contribution >= 0.6 is 0 Å². The Morgan fingerprint density at radius 3 is 2.79 bits per heavy atom. The molecule has 0 aliphatic carbocycles. The highest BCUT2D eigenvalue weighted by Gasteiger charge is 1.90. The van der Waals surface area contributed by atoms with Crippen LogP contribution in [0.3, 0.4) is 0 Å². The van der Waals surface area contributed by atoms with Gasteiger partial charge in [-0.05, 0) is 31.7 Å². The maximum absolute atomic E-state index is 9.07. The Balaban J connectivity index is 2.32. The van der Waals surface area contributed by atoms with Crippen LogP contribution in [0.5, 0.6) is 0 Å². The highest BCUT2D eigenvalue weighted by molar-refractivity contribution is 5.14. The van der Waals surface area contributed by atoms with Gasteiger partial charge in [0, 0.05) is 0 Å². The smallest absolute Gasteiger partial charge is 0.0639 e. The Kier molecular flexibility index (Phi) is 3.76. The number of aliphatic hydroxyl groups is 1. The van der Waals surface area contributed by atoms with E-state index in [1.54, 1.807) is 13.0 Å². The summed E-state index contributed by atoms with van der Waals surface area (Å²) in [4.78, 5) is 0. The maximum Gasteiger partial charge on any atom is 0.0639 e. The Morgan fingerprint density at radius 1 is 1.43 bits per heavy atom. The lowest BCUT2D eigenvalue weighted by atomic mass is 10.1. The maximum atomic E-state index is 9.07. The third-order valence-corrected chi connectivity index (χ3v) is 2.14. The van der Waals surface area contributed by atoms with Crippen LogP contribution in [-0.4, -0.2) is 11.7 Å². The van der Waals surface area contributed by atoms with Crippen molar-refractivity contribution < 1.29 is 7.85 Å². The summed E-state index contributed by atoms with van der Waals surface area (Å²) in [7, 11) is 0. The molecule has 76 valence electrons. The molecule has 0 saturated carbocycles. The summed E-state index contributed by atoms with van der Waals surface area (Å²) in [6, 6.07) is 10.2. The van der Waals surface area contributed by atoms with Crippen molar-refractivity contribution in [1.29, 1.82) is 0 Å². The summed E-state index contributed by atoms with van der Waals surface area (Å²) in [5, 5.41) is 9.07. The molecule has 14 heavy (non-hydrogen) atoms. The van der Waals surface area contributed by atoms with Crippen molar-refractivity contribution in [2.45, 2.75) is 26.2 Å². The first-order chi connectivity index (χ1) is 7.50. The Morgan fingerprint density at radius 2 is 2.14 bits per heavy atom. The van der Waals surface area contributed by atoms with Crippen LogP contribution in [0.25, 0.3) is 0 Å². The van der Waals surface area contributed by atoms with Crippen LogP contribution in [0.4, 0.5) is 0 Å². The first kappa shape index (κ1) is 8.25. The van der Waals surface area contributed by atoms with Gasteiger partial charge in [0.25, 0.3) is 0 Å². The molecule has 0 heterocycles. The molecule has 0 aliphatic rings. The van der Waals surface area contributed by atoms with Gasteiger partial charge in [-0.25, -0.2) is 0 Å². The van der Waals surface area contributed by atoms with Gasteiger partial charge in [0.05, 0.1) is 9.30 Å². The van der Waals surface area contributed by atoms with Gasteiger partial charge >= 0.3 is 0 Å². The van der Waals surface area contributed by atoms with E-state index in [9.17, 15) is 0 Å². The van der Waals surface area contributed by atoms with Crippen molar-refractivity contribution in [3.05, 3.63) is 47.5 Å². The minimum absolute atomic E-state index is 0.389. The Labute approximate surface area is 88.9 Å². The fourth-order valence-electron chi connectivity index (χ4n) is 1.32. The van der Waals surface area contributed by atoms with Crippen molar-refractivity contribution in [1.82, 2.24) is 0 Å². The number of unbranched alkanes of at least 4 members (excludes halogenated alkanes) is 1. The zero-order valence-electron chi connectivity index (χ0n) is 10.5. The molecule has 0 unspecified atom stereocenters. The van der Waals surface area contributed by atoms with Gasteiger partial charge in [-0.2, -0.15) is 0 Å². The number of benzene rings is 1. The molecule has 0 fully saturated rings. The number of aryl methyl sites for hydroxylation is 1. The predicted octanol–water partition coefficient (Wildman–Crippen LogP) is 2.95. The molecular weight excluding hydrogens is 172 g/mol. The quantitative estimate of drug-likeness (QED) is 0.561. The number of allylic oxidation sites excluding steroid dienone is 1. The van der Waals surface area contributed by atoms with E-state index in [1.807, 2.05) is 18.2 Å². The molecule has 0 radical (unpaired) electrons. The lowest BCUT2D eigenvalue weighted by Gasteiger charge is -1.99. The van der Waals surface area contributed by atoms with Crippen LogP contribution in [0.15, 0.2) is 42.0 Å². The van der Waals surface area contributed by atoms with Crippen LogP contribution in [0, 0.1) is 0 Å². The van der Waals surface area contributed by atoms with Gasteiger partial charge < -0.3 is 5.11 Å². The van der Waals surface area contributed by atoms with Crippen LogP contribution in [0.2, 0.25) is 0 Å². The van der Waals surface area contributed by atoms with Crippen molar-refractivity contribution in [2.75, 3.05) is 6.56 Å². The number of rotatable bonds is 5. The van der Waals surface area contributed by atoms with Crippen LogP contribution in [0.1, 0.15) is 28.1 Å². The second-order valence-corrected chi connectivity index (χ2v) is 3.38. The first-order valence-electron chi connectivity index (χ1n) is 5.93. The minimum Gasteiger partial charge on any atom is -0.392 e. The van der Waals surface area contributed by atoms with Crippen LogP contribution < -0.4 is 0 Å². The molecular formula is C13H18O. The van der Waals surface area contributed by atoms with Crippen molar-refractivity contribution in [3.63, 3.8) is 0 Å². The summed E-state index contributed by atoms with van der Waals surface area (Å²) in [5.41, 5.74) is 1.68. The molecule has 0 amide bonds. The second-order valence-electron chi connectivity index (χ2n) is 3.38. The van der Waals surface area contributed by atoms with E-state index in [2.05, 4.69) is 12.1 Å². The molecule has 1 nitrogen and oxygen atoms in total. The van der Waals surface area contributed by atoms with Gasteiger partial charge in [-0.15, -0.1) is 0 Å². The zero-order valence-corrected chi connectivity index (χ0v) is 8.53. The molecule has 1 N–H and O–H groups in total. The summed E-state index contributed by atoms with van der Waals surface area (Å²) < 4.78 is 14.2. The largest absolute Gasteiger partial charge is 0.392 e. The highest BCUT2D eigenvalue weighted by atomic mass is 16.3. The molecule has 0 bridgehead atoms. The minimum atomic E-state index is -2.17. The lowest BCUT2D eigenvalue weighted by molar-refractivity contribution is 0.331. The standard InChI is InChI=1S/C13H18O/c1-12(11-14)7-5-6-10-13-8-3-2-4-9-13/h2-4,7-9,14H,5-6,10-11H2,1H3/b12-7+/i11D2. The molecule has 0 atom stereocenters. The third kappa shape index (κ3) is 4.24. The first-order valence-corrected chi connectivity index (χ1v) is 4.93. The highest BCUT2D eigenvalue weighted by Crippen LogP contribution is 2.05. The molecule has 1 heteroatoms. The summed E-state index contributed by atoms with van der Waals surface area (Å²) in [5.74, 6) is 0. The van der Waals surface area contributed by atoms with Gasteiger partial charge in [-0.3, -0.25) is 0 Å². The molecule has 0 spiro atoms. The number of hydrogen-bond acceptors (Lipinski definition) is 1. The fraction of sp³-hybridized carbons (Fsp3) is 0.385.